The summed E-state index contributed by atoms with van der Waals surface area (Å²) in [6, 6.07) is 19.5. The van der Waals surface area contributed by atoms with Crippen LogP contribution in [0.15, 0.2) is 82.7 Å². The van der Waals surface area contributed by atoms with Crippen molar-refractivity contribution in [2.24, 2.45) is 0 Å². The lowest BCUT2D eigenvalue weighted by Crippen LogP contribution is -2.48. The second kappa shape index (κ2) is 13.1. The number of fused-ring (bicyclic) bond motifs is 3. The summed E-state index contributed by atoms with van der Waals surface area (Å²) in [7, 11) is 0. The number of nitrogens with zero attached hydrogens (tertiary/aromatic N) is 3. The van der Waals surface area contributed by atoms with Gasteiger partial charge in [0.25, 0.3) is 0 Å². The molecule has 3 aromatic carbocycles. The molecule has 44 heavy (non-hydrogen) atoms. The first-order valence-corrected chi connectivity index (χ1v) is 15.7. The Labute approximate surface area is 258 Å². The van der Waals surface area contributed by atoms with Crippen molar-refractivity contribution < 1.29 is 27.4 Å². The van der Waals surface area contributed by atoms with E-state index in [9.17, 15) is 18.0 Å². The molecule has 2 aliphatic heterocycles. The minimum atomic E-state index is -4.38. The molecular formula is C33H35F3N4O3S. The number of benzene rings is 3. The van der Waals surface area contributed by atoms with E-state index in [2.05, 4.69) is 14.8 Å². The Morgan fingerprint density at radius 1 is 0.909 bits per heavy atom. The zero-order chi connectivity index (χ0) is 30.7. The summed E-state index contributed by atoms with van der Waals surface area (Å²) in [6.07, 6.45) is -2.45. The van der Waals surface area contributed by atoms with Crippen LogP contribution in [0.1, 0.15) is 18.9 Å². The standard InChI is InChI=1S/C33H35F3N4O3S/c1-23(43-29-8-4-6-26-25(29)12-13-37-26)32(41)42-21-20-39-18-16-38(17-19-39)14-5-15-40-27-7-2-3-9-30(27)44-31-11-10-24(22-28(31)40)33(34,35)36/h2-4,6-13,22-23,37H,5,14-21H2,1H3. The van der Waals surface area contributed by atoms with Crippen molar-refractivity contribution in [3.05, 3.63) is 78.5 Å². The molecule has 232 valence electrons. The summed E-state index contributed by atoms with van der Waals surface area (Å²) in [6.45, 7) is 7.62. The third-order valence-electron chi connectivity index (χ3n) is 8.12. The van der Waals surface area contributed by atoms with E-state index in [1.807, 2.05) is 59.6 Å². The van der Waals surface area contributed by atoms with Gasteiger partial charge in [-0.3, -0.25) is 4.90 Å². The topological polar surface area (TPSA) is 61.0 Å². The average molecular weight is 625 g/mol. The van der Waals surface area contributed by atoms with Gasteiger partial charge in [0.15, 0.2) is 6.10 Å². The molecule has 3 heterocycles. The maximum atomic E-state index is 13.5. The number of anilines is 2. The Hall–Kier alpha value is -3.67. The van der Waals surface area contributed by atoms with E-state index in [0.29, 0.717) is 31.1 Å². The molecule has 0 bridgehead atoms. The summed E-state index contributed by atoms with van der Waals surface area (Å²) >= 11 is 1.51. The Morgan fingerprint density at radius 2 is 1.66 bits per heavy atom. The molecule has 0 radical (unpaired) electrons. The number of H-pyrrole nitrogens is 1. The molecule has 7 nitrogen and oxygen atoms in total. The number of piperazine rings is 1. The summed E-state index contributed by atoms with van der Waals surface area (Å²) < 4.78 is 51.9. The van der Waals surface area contributed by atoms with E-state index in [-0.39, 0.29) is 0 Å². The van der Waals surface area contributed by atoms with E-state index >= 15 is 0 Å². The zero-order valence-electron chi connectivity index (χ0n) is 24.5. The molecule has 6 rings (SSSR count). The molecule has 0 spiro atoms. The third-order valence-corrected chi connectivity index (χ3v) is 9.25. The molecule has 2 aliphatic rings. The number of esters is 1. The fraction of sp³-hybridized carbons (Fsp3) is 0.364. The van der Waals surface area contributed by atoms with Gasteiger partial charge in [-0.2, -0.15) is 13.2 Å². The first-order chi connectivity index (χ1) is 21.3. The van der Waals surface area contributed by atoms with Gasteiger partial charge in [-0.1, -0.05) is 30.0 Å². The zero-order valence-corrected chi connectivity index (χ0v) is 25.3. The molecule has 0 aliphatic carbocycles. The van der Waals surface area contributed by atoms with Crippen LogP contribution in [0, 0.1) is 0 Å². The van der Waals surface area contributed by atoms with Crippen LogP contribution in [0.4, 0.5) is 24.5 Å². The maximum Gasteiger partial charge on any atom is 0.416 e. The van der Waals surface area contributed by atoms with Crippen LogP contribution in [-0.4, -0.2) is 79.3 Å². The van der Waals surface area contributed by atoms with Crippen molar-refractivity contribution >= 4 is 40.0 Å². The lowest BCUT2D eigenvalue weighted by molar-refractivity contribution is -0.151. The van der Waals surface area contributed by atoms with Crippen LogP contribution in [0.3, 0.4) is 0 Å². The first kappa shape index (κ1) is 30.4. The number of carbonyl (C=O) groups is 1. The molecule has 1 saturated heterocycles. The number of halogens is 3. The number of aromatic amines is 1. The van der Waals surface area contributed by atoms with E-state index in [0.717, 1.165) is 71.6 Å². The smallest absolute Gasteiger partial charge is 0.416 e. The van der Waals surface area contributed by atoms with Gasteiger partial charge in [-0.15, -0.1) is 0 Å². The minimum Gasteiger partial charge on any atom is -0.478 e. The number of ether oxygens (including phenoxy) is 2. The summed E-state index contributed by atoms with van der Waals surface area (Å²) in [4.78, 5) is 24.3. The summed E-state index contributed by atoms with van der Waals surface area (Å²) in [5.74, 6) is 0.251. The van der Waals surface area contributed by atoms with Crippen molar-refractivity contribution in [3.63, 3.8) is 0 Å². The van der Waals surface area contributed by atoms with E-state index < -0.39 is 23.8 Å². The number of para-hydroxylation sites is 1. The fourth-order valence-corrected chi connectivity index (χ4v) is 6.80. The monoisotopic (exact) mass is 624 g/mol. The molecule has 1 aromatic heterocycles. The third kappa shape index (κ3) is 6.85. The largest absolute Gasteiger partial charge is 0.478 e. The highest BCUT2D eigenvalue weighted by molar-refractivity contribution is 7.99. The van der Waals surface area contributed by atoms with E-state index in [1.165, 1.54) is 17.8 Å². The Kier molecular flexibility index (Phi) is 9.06. The number of hydrogen-bond donors (Lipinski definition) is 1. The number of carbonyl (C=O) groups excluding carboxylic acids is 1. The van der Waals surface area contributed by atoms with Gasteiger partial charge >= 0.3 is 12.1 Å². The maximum absolute atomic E-state index is 13.5. The number of nitrogens with one attached hydrogen (secondary N) is 1. The Bertz CT molecular complexity index is 1600. The number of alkyl halides is 3. The molecular weight excluding hydrogens is 589 g/mol. The lowest BCUT2D eigenvalue weighted by atomic mass is 10.1. The molecule has 4 aromatic rings. The quantitative estimate of drug-likeness (QED) is 0.195. The second-order valence-corrected chi connectivity index (χ2v) is 12.1. The molecule has 11 heteroatoms. The van der Waals surface area contributed by atoms with Crippen molar-refractivity contribution in [3.8, 4) is 5.75 Å². The van der Waals surface area contributed by atoms with E-state index in [4.69, 9.17) is 9.47 Å². The summed E-state index contributed by atoms with van der Waals surface area (Å²) in [5, 5.41) is 0.921. The van der Waals surface area contributed by atoms with Gasteiger partial charge < -0.3 is 24.3 Å². The van der Waals surface area contributed by atoms with Crippen LogP contribution in [0.2, 0.25) is 0 Å². The first-order valence-electron chi connectivity index (χ1n) is 14.9. The average Bonchev–Trinajstić information content (AvgIpc) is 3.51. The van der Waals surface area contributed by atoms with Crippen LogP contribution in [-0.2, 0) is 15.7 Å². The Morgan fingerprint density at radius 3 is 2.45 bits per heavy atom. The summed E-state index contributed by atoms with van der Waals surface area (Å²) in [5.41, 5.74) is 1.89. The van der Waals surface area contributed by atoms with E-state index in [1.54, 1.807) is 13.0 Å². The van der Waals surface area contributed by atoms with Crippen LogP contribution < -0.4 is 9.64 Å². The van der Waals surface area contributed by atoms with Gasteiger partial charge in [0.1, 0.15) is 12.4 Å². The molecule has 0 amide bonds. The lowest BCUT2D eigenvalue weighted by Gasteiger charge is -2.36. The van der Waals surface area contributed by atoms with Gasteiger partial charge in [0, 0.05) is 66.2 Å². The van der Waals surface area contributed by atoms with Crippen molar-refractivity contribution in [2.75, 3.05) is 57.3 Å². The fourth-order valence-electron chi connectivity index (χ4n) is 5.73. The molecule has 1 unspecified atom stereocenters. The number of rotatable bonds is 10. The van der Waals surface area contributed by atoms with Crippen LogP contribution >= 0.6 is 11.8 Å². The SMILES string of the molecule is CC(Oc1cccc2[nH]ccc12)C(=O)OCCN1CCN(CCCN2c3ccccc3Sc3ccc(C(F)(F)F)cc32)CC1. The van der Waals surface area contributed by atoms with Gasteiger partial charge in [-0.25, -0.2) is 4.79 Å². The van der Waals surface area contributed by atoms with Crippen LogP contribution in [0.5, 0.6) is 5.75 Å². The second-order valence-electron chi connectivity index (χ2n) is 11.1. The minimum absolute atomic E-state index is 0.298. The highest BCUT2D eigenvalue weighted by Crippen LogP contribution is 2.49. The predicted molar refractivity (Wildman–Crippen MR) is 166 cm³/mol. The van der Waals surface area contributed by atoms with Crippen molar-refractivity contribution in [1.82, 2.24) is 14.8 Å². The normalized spacial score (nSPS) is 16.4. The van der Waals surface area contributed by atoms with Crippen LogP contribution in [0.25, 0.3) is 10.9 Å². The molecule has 1 atom stereocenters. The van der Waals surface area contributed by atoms with Crippen molar-refractivity contribution in [1.29, 1.82) is 0 Å². The highest BCUT2D eigenvalue weighted by atomic mass is 32.2. The molecule has 1 N–H and O–H groups in total. The predicted octanol–water partition coefficient (Wildman–Crippen LogP) is 6.81. The van der Waals surface area contributed by atoms with Gasteiger partial charge in [0.05, 0.1) is 16.9 Å². The molecule has 0 saturated carbocycles. The number of aromatic nitrogens is 1. The Balaban J connectivity index is 0.949. The van der Waals surface area contributed by atoms with Crippen molar-refractivity contribution in [2.45, 2.75) is 35.4 Å². The molecule has 1 fully saturated rings. The number of hydrogen-bond acceptors (Lipinski definition) is 7. The van der Waals surface area contributed by atoms with Gasteiger partial charge in [-0.05, 0) is 68.4 Å². The highest BCUT2D eigenvalue weighted by Gasteiger charge is 2.33. The van der Waals surface area contributed by atoms with Gasteiger partial charge in [0.2, 0.25) is 0 Å².